The van der Waals surface area contributed by atoms with Crippen LogP contribution in [-0.2, 0) is 9.47 Å². The molecule has 1 rings (SSSR count). The molecule has 1 heterocycles. The molecule has 0 atom stereocenters. The Morgan fingerprint density at radius 3 is 2.47 bits per heavy atom. The van der Waals surface area contributed by atoms with Crippen molar-refractivity contribution >= 4 is 22.4 Å². The number of hydrogen-bond acceptors (Lipinski definition) is 6. The Balaban J connectivity index is 2.64. The van der Waals surface area contributed by atoms with E-state index in [4.69, 9.17) is 15.2 Å². The van der Waals surface area contributed by atoms with Gasteiger partial charge in [-0.3, -0.25) is 0 Å². The maximum Gasteiger partial charge on any atom is 0.142 e. The Morgan fingerprint density at radius 2 is 1.94 bits per heavy atom. The molecule has 0 aliphatic carbocycles. The molecule has 0 saturated carbocycles. The van der Waals surface area contributed by atoms with Crippen molar-refractivity contribution in [1.29, 1.82) is 0 Å². The molecule has 0 amide bonds. The van der Waals surface area contributed by atoms with Crippen molar-refractivity contribution in [3.05, 3.63) is 5.56 Å². The summed E-state index contributed by atoms with van der Waals surface area (Å²) >= 11 is 1.45. The topological polar surface area (TPSA) is 60.6 Å². The molecule has 6 heteroatoms. The average molecular weight is 259 g/mol. The Morgan fingerprint density at radius 1 is 1.24 bits per heavy atom. The lowest BCUT2D eigenvalue weighted by molar-refractivity contribution is 0.191. The molecule has 0 saturated heterocycles. The van der Waals surface area contributed by atoms with Crippen LogP contribution in [0.5, 0.6) is 0 Å². The molecule has 5 nitrogen and oxygen atoms in total. The van der Waals surface area contributed by atoms with E-state index in [9.17, 15) is 0 Å². The molecular formula is C11H21N3O2S. The zero-order valence-electron chi connectivity index (χ0n) is 10.7. The summed E-state index contributed by atoms with van der Waals surface area (Å²) in [5, 5.41) is 1.13. The molecule has 0 aliphatic heterocycles. The molecule has 0 unspecified atom stereocenters. The molecule has 98 valence electrons. The van der Waals surface area contributed by atoms with Gasteiger partial charge in [-0.15, -0.1) is 0 Å². The van der Waals surface area contributed by atoms with Crippen molar-refractivity contribution < 1.29 is 9.47 Å². The van der Waals surface area contributed by atoms with E-state index in [-0.39, 0.29) is 0 Å². The maximum absolute atomic E-state index is 5.78. The molecule has 0 bridgehead atoms. The fourth-order valence-electron chi connectivity index (χ4n) is 1.55. The van der Waals surface area contributed by atoms with Crippen molar-refractivity contribution in [3.63, 3.8) is 0 Å². The number of nitrogen functional groups attached to an aromatic ring is 1. The third-order valence-electron chi connectivity index (χ3n) is 2.56. The van der Waals surface area contributed by atoms with Crippen molar-refractivity contribution in [1.82, 2.24) is 4.37 Å². The first-order valence-corrected chi connectivity index (χ1v) is 6.42. The van der Waals surface area contributed by atoms with Crippen LogP contribution >= 0.6 is 11.5 Å². The number of rotatable bonds is 8. The van der Waals surface area contributed by atoms with Crippen molar-refractivity contribution in [2.24, 2.45) is 0 Å². The van der Waals surface area contributed by atoms with Crippen LogP contribution in [-0.4, -0.2) is 44.9 Å². The van der Waals surface area contributed by atoms with E-state index < -0.39 is 0 Å². The fourth-order valence-corrected chi connectivity index (χ4v) is 2.41. The summed E-state index contributed by atoms with van der Waals surface area (Å²) < 4.78 is 14.4. The number of ether oxygens (including phenoxy) is 2. The Bertz CT molecular complexity index is 331. The second kappa shape index (κ2) is 7.47. The molecule has 0 aromatic carbocycles. The Kier molecular flexibility index (Phi) is 6.25. The first-order chi connectivity index (χ1) is 8.20. The van der Waals surface area contributed by atoms with Gasteiger partial charge in [-0.2, -0.15) is 4.37 Å². The smallest absolute Gasteiger partial charge is 0.142 e. The summed E-state index contributed by atoms with van der Waals surface area (Å²) in [6, 6.07) is 0. The van der Waals surface area contributed by atoms with Gasteiger partial charge in [-0.25, -0.2) is 0 Å². The van der Waals surface area contributed by atoms with E-state index in [0.717, 1.165) is 36.7 Å². The lowest BCUT2D eigenvalue weighted by atomic mass is 10.3. The van der Waals surface area contributed by atoms with Gasteiger partial charge in [-0.1, -0.05) is 0 Å². The highest BCUT2D eigenvalue weighted by Gasteiger charge is 2.14. The van der Waals surface area contributed by atoms with Gasteiger partial charge in [0.25, 0.3) is 0 Å². The molecule has 0 aliphatic rings. The van der Waals surface area contributed by atoms with Gasteiger partial charge in [0.05, 0.1) is 6.61 Å². The Labute approximate surface area is 107 Å². The summed E-state index contributed by atoms with van der Waals surface area (Å²) in [5.41, 5.74) is 6.84. The van der Waals surface area contributed by atoms with Crippen molar-refractivity contribution in [2.45, 2.75) is 13.3 Å². The van der Waals surface area contributed by atoms with Gasteiger partial charge in [-0.05, 0) is 24.9 Å². The summed E-state index contributed by atoms with van der Waals surface area (Å²) in [6.45, 7) is 5.24. The van der Waals surface area contributed by atoms with Gasteiger partial charge in [0.2, 0.25) is 0 Å². The normalized spacial score (nSPS) is 10.8. The van der Waals surface area contributed by atoms with Gasteiger partial charge < -0.3 is 20.1 Å². The lowest BCUT2D eigenvalue weighted by Gasteiger charge is -2.23. The largest absolute Gasteiger partial charge is 0.385 e. The van der Waals surface area contributed by atoms with Gasteiger partial charge in [0.1, 0.15) is 10.8 Å². The molecule has 1 aromatic heterocycles. The number of anilines is 2. The molecule has 0 spiro atoms. The monoisotopic (exact) mass is 259 g/mol. The number of nitrogens with two attached hydrogens (primary N) is 1. The van der Waals surface area contributed by atoms with Crippen LogP contribution in [0.3, 0.4) is 0 Å². The Hall–Kier alpha value is -0.850. The van der Waals surface area contributed by atoms with Crippen LogP contribution in [0.1, 0.15) is 12.0 Å². The zero-order valence-corrected chi connectivity index (χ0v) is 11.5. The molecule has 2 N–H and O–H groups in total. The molecule has 0 radical (unpaired) electrons. The van der Waals surface area contributed by atoms with Crippen LogP contribution in [0.25, 0.3) is 0 Å². The number of nitrogens with zero attached hydrogens (tertiary/aromatic N) is 2. The minimum atomic E-state index is 0.624. The highest BCUT2D eigenvalue weighted by molar-refractivity contribution is 7.10. The maximum atomic E-state index is 5.78. The average Bonchev–Trinajstić information content (AvgIpc) is 2.65. The van der Waals surface area contributed by atoms with Crippen LogP contribution in [0.4, 0.5) is 10.8 Å². The minimum absolute atomic E-state index is 0.624. The lowest BCUT2D eigenvalue weighted by Crippen LogP contribution is -2.28. The zero-order chi connectivity index (χ0) is 12.7. The summed E-state index contributed by atoms with van der Waals surface area (Å²) in [4.78, 5) is 2.26. The SMILES string of the molecule is COCCCN(CCOC)c1snc(N)c1C. The molecule has 17 heavy (non-hydrogen) atoms. The molecule has 0 fully saturated rings. The van der Waals surface area contributed by atoms with Crippen LogP contribution < -0.4 is 10.6 Å². The van der Waals surface area contributed by atoms with E-state index >= 15 is 0 Å². The standard InChI is InChI=1S/C11H21N3O2S/c1-9-10(12)13-17-11(9)14(6-8-16-3)5-4-7-15-2/h4-8H2,1-3H3,(H2,12,13). The number of methoxy groups -OCH3 is 2. The van der Waals surface area contributed by atoms with E-state index in [1.54, 1.807) is 14.2 Å². The quantitative estimate of drug-likeness (QED) is 0.717. The predicted molar refractivity (Wildman–Crippen MR) is 71.8 cm³/mol. The van der Waals surface area contributed by atoms with Crippen LogP contribution in [0.2, 0.25) is 0 Å². The van der Waals surface area contributed by atoms with E-state index in [1.165, 1.54) is 11.5 Å². The van der Waals surface area contributed by atoms with Crippen LogP contribution in [0.15, 0.2) is 0 Å². The van der Waals surface area contributed by atoms with Crippen molar-refractivity contribution in [2.75, 3.05) is 51.2 Å². The summed E-state index contributed by atoms with van der Waals surface area (Å²) in [7, 11) is 3.43. The minimum Gasteiger partial charge on any atom is -0.385 e. The fraction of sp³-hybridized carbons (Fsp3) is 0.727. The number of hydrogen-bond donors (Lipinski definition) is 1. The van der Waals surface area contributed by atoms with Gasteiger partial charge in [0, 0.05) is 39.5 Å². The van der Waals surface area contributed by atoms with Gasteiger partial charge >= 0.3 is 0 Å². The second-order valence-electron chi connectivity index (χ2n) is 3.82. The third-order valence-corrected chi connectivity index (χ3v) is 3.59. The second-order valence-corrected chi connectivity index (χ2v) is 4.58. The van der Waals surface area contributed by atoms with Gasteiger partial charge in [0.15, 0.2) is 0 Å². The predicted octanol–water partition coefficient (Wildman–Crippen LogP) is 1.52. The first-order valence-electron chi connectivity index (χ1n) is 5.65. The molecular weight excluding hydrogens is 238 g/mol. The van der Waals surface area contributed by atoms with Crippen molar-refractivity contribution in [3.8, 4) is 0 Å². The molecule has 1 aromatic rings. The third kappa shape index (κ3) is 4.14. The highest BCUT2D eigenvalue weighted by Crippen LogP contribution is 2.29. The summed E-state index contributed by atoms with van der Waals surface area (Å²) in [6.07, 6.45) is 0.984. The number of aromatic nitrogens is 1. The van der Waals surface area contributed by atoms with E-state index in [2.05, 4.69) is 9.27 Å². The first kappa shape index (κ1) is 14.2. The van der Waals surface area contributed by atoms with E-state index in [1.807, 2.05) is 6.92 Å². The van der Waals surface area contributed by atoms with E-state index in [0.29, 0.717) is 12.4 Å². The van der Waals surface area contributed by atoms with Crippen LogP contribution in [0, 0.1) is 6.92 Å². The highest BCUT2D eigenvalue weighted by atomic mass is 32.1. The summed E-state index contributed by atoms with van der Waals surface area (Å²) in [5.74, 6) is 0.624.